The van der Waals surface area contributed by atoms with E-state index in [4.69, 9.17) is 9.47 Å². The summed E-state index contributed by atoms with van der Waals surface area (Å²) in [6.07, 6.45) is 8.21. The normalized spacial score (nSPS) is 17.4. The third kappa shape index (κ3) is 6.29. The Labute approximate surface area is 222 Å². The summed E-state index contributed by atoms with van der Waals surface area (Å²) in [5.74, 6) is -4.19. The summed E-state index contributed by atoms with van der Waals surface area (Å²) in [5.41, 5.74) is 1.33. The summed E-state index contributed by atoms with van der Waals surface area (Å²) in [5, 5.41) is 0. The van der Waals surface area contributed by atoms with Crippen LogP contribution >= 0.6 is 0 Å². The van der Waals surface area contributed by atoms with Gasteiger partial charge in [-0.25, -0.2) is 13.2 Å². The van der Waals surface area contributed by atoms with Crippen LogP contribution in [0.4, 0.5) is 17.6 Å². The van der Waals surface area contributed by atoms with Crippen LogP contribution in [0.2, 0.25) is 0 Å². The second kappa shape index (κ2) is 13.1. The number of ether oxygens (including phenoxy) is 2. The molecule has 1 fully saturated rings. The van der Waals surface area contributed by atoms with Crippen LogP contribution < -0.4 is 4.74 Å². The Bertz CT molecular complexity index is 1230. The van der Waals surface area contributed by atoms with E-state index in [-0.39, 0.29) is 28.9 Å². The molecule has 0 bridgehead atoms. The average Bonchev–Trinajstić information content (AvgIpc) is 2.94. The van der Waals surface area contributed by atoms with Gasteiger partial charge >= 0.3 is 0 Å². The Morgan fingerprint density at radius 2 is 1.42 bits per heavy atom. The number of halogens is 4. The van der Waals surface area contributed by atoms with Crippen LogP contribution in [0, 0.1) is 23.3 Å². The Kier molecular flexibility index (Phi) is 9.62. The van der Waals surface area contributed by atoms with E-state index < -0.39 is 23.3 Å². The number of benzene rings is 3. The number of hydrogen-bond donors (Lipinski definition) is 0. The first-order valence-electron chi connectivity index (χ1n) is 13.4. The molecule has 1 saturated heterocycles. The van der Waals surface area contributed by atoms with Crippen LogP contribution in [0.3, 0.4) is 0 Å². The summed E-state index contributed by atoms with van der Waals surface area (Å²) in [4.78, 5) is 0. The molecule has 1 heterocycles. The molecule has 38 heavy (non-hydrogen) atoms. The first-order valence-corrected chi connectivity index (χ1v) is 13.4. The molecule has 1 aliphatic rings. The fraction of sp³-hybridized carbons (Fsp3) is 0.375. The van der Waals surface area contributed by atoms with E-state index in [2.05, 4.69) is 13.5 Å². The van der Waals surface area contributed by atoms with Gasteiger partial charge < -0.3 is 9.47 Å². The van der Waals surface area contributed by atoms with Crippen molar-refractivity contribution in [3.63, 3.8) is 0 Å². The van der Waals surface area contributed by atoms with Crippen molar-refractivity contribution in [3.05, 3.63) is 90.0 Å². The predicted octanol–water partition coefficient (Wildman–Crippen LogP) is 9.37. The smallest absolute Gasteiger partial charge is 0.201 e. The predicted molar refractivity (Wildman–Crippen MR) is 143 cm³/mol. The number of rotatable bonds is 11. The molecule has 3 aromatic carbocycles. The van der Waals surface area contributed by atoms with E-state index in [1.165, 1.54) is 12.1 Å². The van der Waals surface area contributed by atoms with E-state index in [0.29, 0.717) is 42.7 Å². The fourth-order valence-corrected chi connectivity index (χ4v) is 4.89. The van der Waals surface area contributed by atoms with E-state index in [9.17, 15) is 8.78 Å². The monoisotopic (exact) mass is 526 g/mol. The maximum Gasteiger partial charge on any atom is 0.201 e. The minimum Gasteiger partial charge on any atom is -0.490 e. The highest BCUT2D eigenvalue weighted by atomic mass is 19.2. The quantitative estimate of drug-likeness (QED) is 0.141. The molecule has 202 valence electrons. The first-order chi connectivity index (χ1) is 18.4. The van der Waals surface area contributed by atoms with E-state index in [1.54, 1.807) is 42.5 Å². The maximum absolute atomic E-state index is 15.1. The molecule has 0 spiro atoms. The first kappa shape index (κ1) is 27.9. The second-order valence-corrected chi connectivity index (χ2v) is 9.79. The van der Waals surface area contributed by atoms with Gasteiger partial charge in [-0.05, 0) is 48.1 Å². The van der Waals surface area contributed by atoms with Crippen molar-refractivity contribution >= 4 is 0 Å². The van der Waals surface area contributed by atoms with Gasteiger partial charge in [-0.15, -0.1) is 6.58 Å². The van der Waals surface area contributed by atoms with Crippen LogP contribution in [0.5, 0.6) is 5.75 Å². The fourth-order valence-electron chi connectivity index (χ4n) is 4.89. The highest BCUT2D eigenvalue weighted by Gasteiger charge is 2.26. The van der Waals surface area contributed by atoms with Crippen molar-refractivity contribution in [2.24, 2.45) is 0 Å². The minimum absolute atomic E-state index is 0.0562. The van der Waals surface area contributed by atoms with Crippen molar-refractivity contribution in [1.29, 1.82) is 0 Å². The summed E-state index contributed by atoms with van der Waals surface area (Å²) in [6.45, 7) is 6.49. The second-order valence-electron chi connectivity index (χ2n) is 9.79. The van der Waals surface area contributed by atoms with Crippen LogP contribution in [0.1, 0.15) is 63.4 Å². The molecule has 3 aromatic rings. The standard InChI is InChI=1S/C32H34F4O2/c1-3-5-6-7-8-19-37-28-18-17-26(31(35)32(28)36)22-11-9-21(10-12-22)25-15-16-27(30(34)29(25)33)23-13-14-24(4-2)38-20-23/h4,9-12,15-18,23-24H,2-3,5-8,13-14,19-20H2,1H3. The lowest BCUT2D eigenvalue weighted by Gasteiger charge is -2.28. The molecule has 4 rings (SSSR count). The molecule has 0 aromatic heterocycles. The lowest BCUT2D eigenvalue weighted by molar-refractivity contribution is 0.0320. The lowest BCUT2D eigenvalue weighted by atomic mass is 9.89. The Balaban J connectivity index is 1.46. The topological polar surface area (TPSA) is 18.5 Å². The van der Waals surface area contributed by atoms with Crippen molar-refractivity contribution in [1.82, 2.24) is 0 Å². The molecule has 0 N–H and O–H groups in total. The molecule has 2 unspecified atom stereocenters. The summed E-state index contributed by atoms with van der Waals surface area (Å²) in [7, 11) is 0. The van der Waals surface area contributed by atoms with Crippen LogP contribution in [0.15, 0.2) is 61.2 Å². The Hall–Kier alpha value is -3.12. The molecule has 1 aliphatic heterocycles. The Morgan fingerprint density at radius 3 is 2.03 bits per heavy atom. The van der Waals surface area contributed by atoms with E-state index in [0.717, 1.165) is 32.1 Å². The van der Waals surface area contributed by atoms with E-state index >= 15 is 8.78 Å². The maximum atomic E-state index is 15.1. The zero-order valence-corrected chi connectivity index (χ0v) is 21.8. The third-order valence-electron chi connectivity index (χ3n) is 7.19. The van der Waals surface area contributed by atoms with E-state index in [1.807, 2.05) is 0 Å². The van der Waals surface area contributed by atoms with Gasteiger partial charge in [0.05, 0.1) is 19.3 Å². The van der Waals surface area contributed by atoms with Gasteiger partial charge in [-0.2, -0.15) is 4.39 Å². The molecule has 6 heteroatoms. The van der Waals surface area contributed by atoms with Crippen molar-refractivity contribution in [3.8, 4) is 28.0 Å². The van der Waals surface area contributed by atoms with Gasteiger partial charge in [0.1, 0.15) is 0 Å². The van der Waals surface area contributed by atoms with Crippen molar-refractivity contribution in [2.45, 2.75) is 63.9 Å². The Morgan fingerprint density at radius 1 is 0.789 bits per heavy atom. The summed E-state index contributed by atoms with van der Waals surface area (Å²) < 4.78 is 70.7. The molecule has 2 atom stereocenters. The van der Waals surface area contributed by atoms with Gasteiger partial charge in [0.25, 0.3) is 0 Å². The summed E-state index contributed by atoms with van der Waals surface area (Å²) in [6, 6.07) is 12.3. The molecular weight excluding hydrogens is 492 g/mol. The largest absolute Gasteiger partial charge is 0.490 e. The lowest BCUT2D eigenvalue weighted by Crippen LogP contribution is -2.23. The minimum atomic E-state index is -1.03. The molecule has 0 radical (unpaired) electrons. The zero-order chi connectivity index (χ0) is 27.1. The van der Waals surface area contributed by atoms with Crippen LogP contribution in [-0.4, -0.2) is 19.3 Å². The van der Waals surface area contributed by atoms with Crippen LogP contribution in [-0.2, 0) is 4.74 Å². The van der Waals surface area contributed by atoms with Gasteiger partial charge in [0.15, 0.2) is 23.2 Å². The van der Waals surface area contributed by atoms with Crippen molar-refractivity contribution < 1.29 is 27.0 Å². The third-order valence-corrected chi connectivity index (χ3v) is 7.19. The molecule has 0 aliphatic carbocycles. The SMILES string of the molecule is C=CC1CCC(c2ccc(-c3ccc(-c4ccc(OCCCCCCC)c(F)c4F)cc3)c(F)c2F)CO1. The van der Waals surface area contributed by atoms with Gasteiger partial charge in [0.2, 0.25) is 5.82 Å². The molecular formula is C32H34F4O2. The molecule has 0 amide bonds. The number of unbranched alkanes of at least 4 members (excludes halogenated alkanes) is 4. The highest BCUT2D eigenvalue weighted by molar-refractivity contribution is 5.72. The van der Waals surface area contributed by atoms with Crippen molar-refractivity contribution in [2.75, 3.05) is 13.2 Å². The van der Waals surface area contributed by atoms with Gasteiger partial charge in [-0.1, -0.05) is 75.1 Å². The number of hydrogen-bond acceptors (Lipinski definition) is 2. The zero-order valence-electron chi connectivity index (χ0n) is 21.8. The average molecular weight is 527 g/mol. The highest BCUT2D eigenvalue weighted by Crippen LogP contribution is 2.36. The molecule has 2 nitrogen and oxygen atoms in total. The van der Waals surface area contributed by atoms with Gasteiger partial charge in [0, 0.05) is 17.0 Å². The van der Waals surface area contributed by atoms with Gasteiger partial charge in [-0.3, -0.25) is 0 Å². The van der Waals surface area contributed by atoms with Crippen LogP contribution in [0.25, 0.3) is 22.3 Å². The summed E-state index contributed by atoms with van der Waals surface area (Å²) >= 11 is 0. The molecule has 0 saturated carbocycles.